The quantitative estimate of drug-likeness (QED) is 0.0444. The van der Waals surface area contributed by atoms with Gasteiger partial charge in [0.05, 0.1) is 171 Å². The highest BCUT2D eigenvalue weighted by Gasteiger charge is 2.21. The van der Waals surface area contributed by atoms with Gasteiger partial charge in [0.2, 0.25) is 0 Å². The van der Waals surface area contributed by atoms with Crippen molar-refractivity contribution in [3.63, 3.8) is 0 Å². The highest BCUT2D eigenvalue weighted by atomic mass is 35.5. The van der Waals surface area contributed by atoms with E-state index in [-0.39, 0.29) is 99.3 Å². The lowest BCUT2D eigenvalue weighted by Crippen LogP contribution is -3.00. The Labute approximate surface area is 951 Å². The maximum absolute atomic E-state index is 3.49. The molecule has 10 aromatic carbocycles. The first-order chi connectivity index (χ1) is 64.6. The molecule has 0 bridgehead atoms. The summed E-state index contributed by atoms with van der Waals surface area (Å²) in [5.41, 5.74) is 17.9. The van der Waals surface area contributed by atoms with Crippen LogP contribution in [0.5, 0.6) is 0 Å². The van der Waals surface area contributed by atoms with E-state index in [1.807, 2.05) is 6.92 Å². The number of benzene rings is 10. The molecule has 0 radical (unpaired) electrons. The van der Waals surface area contributed by atoms with Crippen molar-refractivity contribution in [2.75, 3.05) is 171 Å². The van der Waals surface area contributed by atoms with E-state index in [9.17, 15) is 0 Å². The zero-order valence-electron chi connectivity index (χ0n) is 101. The molecular formula is C129H226Cl8N8. The van der Waals surface area contributed by atoms with Crippen molar-refractivity contribution in [1.29, 1.82) is 0 Å². The minimum Gasteiger partial charge on any atom is -1.00 e. The van der Waals surface area contributed by atoms with Gasteiger partial charge >= 0.3 is 0 Å². The summed E-state index contributed by atoms with van der Waals surface area (Å²) < 4.78 is 6.55. The Bertz CT molecular complexity index is 3450. The first kappa shape index (κ1) is 170. The molecule has 8 unspecified atom stereocenters. The van der Waals surface area contributed by atoms with E-state index in [4.69, 9.17) is 0 Å². The summed E-state index contributed by atoms with van der Waals surface area (Å²) in [6.45, 7) is 71.9. The summed E-state index contributed by atoms with van der Waals surface area (Å²) >= 11 is 0. The second kappa shape index (κ2) is 108. The maximum Gasteiger partial charge on any atom is 0.104 e. The third-order valence-electron chi connectivity index (χ3n) is 25.5. The lowest BCUT2D eigenvalue weighted by Gasteiger charge is -2.35. The molecule has 145 heavy (non-hydrogen) atoms. The van der Waals surface area contributed by atoms with E-state index in [2.05, 4.69) is 593 Å². The average molecular weight is 2170 g/mol. The molecule has 838 valence electrons. The van der Waals surface area contributed by atoms with Crippen LogP contribution in [-0.4, -0.2) is 198 Å². The van der Waals surface area contributed by atoms with Crippen LogP contribution in [0, 0.1) is 0 Å². The molecule has 10 rings (SSSR count). The number of hydrogen-bond donors (Lipinski definition) is 2. The van der Waals surface area contributed by atoms with Gasteiger partial charge in [0.1, 0.15) is 13.1 Å². The topological polar surface area (TPSA) is 44.2 Å². The fraction of sp³-hybridized carbons (Fsp3) is 0.535. The molecule has 0 aliphatic carbocycles. The van der Waals surface area contributed by atoms with E-state index >= 15 is 0 Å². The monoisotopic (exact) mass is 2170 g/mol. The minimum absolute atomic E-state index is 0. The van der Waals surface area contributed by atoms with Gasteiger partial charge in [-0.3, -0.25) is 0 Å². The van der Waals surface area contributed by atoms with Gasteiger partial charge in [0.15, 0.2) is 0 Å². The van der Waals surface area contributed by atoms with Gasteiger partial charge in [0, 0.05) is 11.1 Å². The molecule has 0 aliphatic heterocycles. The Morgan fingerprint density at radius 1 is 0.186 bits per heavy atom. The molecule has 0 amide bonds. The third-order valence-corrected chi connectivity index (χ3v) is 25.5. The molecule has 10 aromatic rings. The highest BCUT2D eigenvalue weighted by molar-refractivity contribution is 5.24. The van der Waals surface area contributed by atoms with Gasteiger partial charge in [-0.05, 0) is 212 Å². The van der Waals surface area contributed by atoms with Gasteiger partial charge in [-0.15, -0.1) is 0 Å². The Kier molecular flexibility index (Phi) is 126. The van der Waals surface area contributed by atoms with E-state index in [0.717, 1.165) is 42.0 Å². The molecule has 16 heteroatoms. The fourth-order valence-electron chi connectivity index (χ4n) is 11.0. The van der Waals surface area contributed by atoms with E-state index < -0.39 is 0 Å². The summed E-state index contributed by atoms with van der Waals surface area (Å²) in [6, 6.07) is 106. The molecule has 0 fully saturated rings. The summed E-state index contributed by atoms with van der Waals surface area (Å²) in [7, 11) is 32.7. The zero-order valence-corrected chi connectivity index (χ0v) is 107. The molecule has 5 N–H and O–H groups in total. The van der Waals surface area contributed by atoms with Crippen molar-refractivity contribution >= 4 is 0 Å². The van der Waals surface area contributed by atoms with Crippen LogP contribution in [0.1, 0.15) is 334 Å². The number of nitrogens with two attached hydrogens (primary N) is 1. The predicted octanol–water partition coefficient (Wildman–Crippen LogP) is 8.28. The smallest absolute Gasteiger partial charge is 0.104 e. The first-order valence-electron chi connectivity index (χ1n) is 53.6. The Morgan fingerprint density at radius 2 is 0.297 bits per heavy atom. The van der Waals surface area contributed by atoms with Gasteiger partial charge < -0.3 is 137 Å². The van der Waals surface area contributed by atoms with Crippen LogP contribution in [0.3, 0.4) is 0 Å². The van der Waals surface area contributed by atoms with Gasteiger partial charge in [-0.1, -0.05) is 414 Å². The lowest BCUT2D eigenvalue weighted by molar-refractivity contribution is -0.936. The number of rotatable bonds is 29. The van der Waals surface area contributed by atoms with Crippen molar-refractivity contribution in [3.8, 4) is 0 Å². The molecule has 0 spiro atoms. The average Bonchev–Trinajstić information content (AvgIpc) is 0.860. The van der Waals surface area contributed by atoms with Crippen LogP contribution in [-0.2, 0) is 13.1 Å². The maximum atomic E-state index is 3.49. The first-order valence-corrected chi connectivity index (χ1v) is 53.6. The van der Waals surface area contributed by atoms with Crippen LogP contribution in [0.2, 0.25) is 0 Å². The normalized spacial score (nSPS) is 11.6. The van der Waals surface area contributed by atoms with E-state index in [1.165, 1.54) is 170 Å². The SMILES string of the molecule is CCC(C)c1ccccc1.CCC(C)c1ccccc1.CCC(C)c1ccccc1.CCC(C)c1ccccc1.CCC(C)c1ccccc1.CCC(C)c1ccccc1.CCC(C)c1ccccc1.CCC(C)c1ccccc1.CC[N+](C)(C)C.CC[N+](C)(C)C.CC[N+](C)(C)C.CC[N+](C)(C)C.CC[N+](C)(C)C.CC[N+](CC)(CC)Cc1ccccc1.CC[NH2+]Cc1ccccc1.CC[NH3+].[Cl-].[Cl-].[Cl-].[Cl-].[Cl-].[Cl-].[Cl-].[Cl-]. The van der Waals surface area contributed by atoms with Gasteiger partial charge in [-0.25, -0.2) is 0 Å². The standard InChI is InChI=1S/C13H22N.8C10H14.C9H13N.5C5H14N.C2H7N.8ClH/c1-4-14(5-2,6-3)12-13-10-8-7-9-11-13;8*1-3-9(2)10-7-5-4-6-8-10;1-2-10-8-9-6-4-3-5-7-9;5*1-5-6(2,3)4;1-2-3;;;;;;;;/h7-11H,4-6,12H2,1-3H3;8*4-9H,3H2,1-2H3;3-7,10H,2,8H2,1H3;5*5H2,1-4H3;2-3H2,1H3;8*1H/q+1;;;;;;;;;;5*+1;;;;;;;;;/p-6. The van der Waals surface area contributed by atoms with Crippen LogP contribution < -0.4 is 110 Å². The Balaban J connectivity index is -0.000000106. The molecule has 0 aliphatic rings. The summed E-state index contributed by atoms with van der Waals surface area (Å²) in [4.78, 5) is 0. The molecule has 8 atom stereocenters. The minimum atomic E-state index is 0. The van der Waals surface area contributed by atoms with Crippen LogP contribution in [0.25, 0.3) is 0 Å². The van der Waals surface area contributed by atoms with Crippen LogP contribution in [0.15, 0.2) is 303 Å². The second-order valence-corrected chi connectivity index (χ2v) is 41.6. The van der Waals surface area contributed by atoms with E-state index in [1.54, 1.807) is 0 Å². The molecule has 0 saturated heterocycles. The van der Waals surface area contributed by atoms with Crippen LogP contribution >= 0.6 is 0 Å². The molecular weight excluding hydrogens is 1950 g/mol. The van der Waals surface area contributed by atoms with Crippen molar-refractivity contribution in [2.45, 2.75) is 292 Å². The predicted molar refractivity (Wildman–Crippen MR) is 622 cm³/mol. The molecule has 0 aromatic heterocycles. The third kappa shape index (κ3) is 106. The summed E-state index contributed by atoms with van der Waals surface area (Å²) in [5.74, 6) is 5.68. The van der Waals surface area contributed by atoms with Crippen molar-refractivity contribution in [3.05, 3.63) is 359 Å². The molecule has 8 nitrogen and oxygen atoms in total. The van der Waals surface area contributed by atoms with Gasteiger partial charge in [0.25, 0.3) is 0 Å². The summed E-state index contributed by atoms with van der Waals surface area (Å²) in [5, 5.41) is 2.29. The Hall–Kier alpha value is -5.80. The van der Waals surface area contributed by atoms with E-state index in [0.29, 0.717) is 47.3 Å². The summed E-state index contributed by atoms with van der Waals surface area (Å²) in [6.07, 6.45) is 9.81. The van der Waals surface area contributed by atoms with Crippen molar-refractivity contribution in [2.24, 2.45) is 0 Å². The lowest BCUT2D eigenvalue weighted by atomic mass is 9.99. The fourth-order valence-corrected chi connectivity index (χ4v) is 11.0. The molecule has 0 saturated carbocycles. The van der Waals surface area contributed by atoms with Crippen molar-refractivity contribution in [1.82, 2.24) is 0 Å². The Morgan fingerprint density at radius 3 is 0.393 bits per heavy atom. The number of hydrogen-bond acceptors (Lipinski definition) is 0. The number of halogens is 8. The van der Waals surface area contributed by atoms with Crippen LogP contribution in [0.4, 0.5) is 0 Å². The number of nitrogens with zero attached hydrogens (tertiary/aromatic N) is 6. The van der Waals surface area contributed by atoms with Crippen molar-refractivity contribution < 1.29 is 137 Å². The van der Waals surface area contributed by atoms with Gasteiger partial charge in [-0.2, -0.15) is 0 Å². The zero-order chi connectivity index (χ0) is 106. The number of quaternary nitrogens is 8. The largest absolute Gasteiger partial charge is 1.00 e. The highest BCUT2D eigenvalue weighted by Crippen LogP contribution is 2.24. The second-order valence-electron chi connectivity index (χ2n) is 41.6. The molecule has 0 heterocycles.